The molecule has 0 amide bonds. The Labute approximate surface area is 138 Å². The van der Waals surface area contributed by atoms with Crippen molar-refractivity contribution in [1.29, 1.82) is 0 Å². The first-order valence-corrected chi connectivity index (χ1v) is 8.48. The summed E-state index contributed by atoms with van der Waals surface area (Å²) in [6.07, 6.45) is 0. The third-order valence-electron chi connectivity index (χ3n) is 4.54. The van der Waals surface area contributed by atoms with Crippen molar-refractivity contribution in [2.45, 2.75) is 20.8 Å². The Morgan fingerprint density at radius 2 is 1.70 bits per heavy atom. The molecule has 3 rings (SSSR count). The van der Waals surface area contributed by atoms with Gasteiger partial charge in [-0.3, -0.25) is 4.98 Å². The topological polar surface area (TPSA) is 28.2 Å². The molecule has 1 aromatic heterocycles. The summed E-state index contributed by atoms with van der Waals surface area (Å²) >= 11 is 0. The molecule has 0 aliphatic carbocycles. The van der Waals surface area contributed by atoms with E-state index < -0.39 is 0 Å². The molecule has 0 saturated heterocycles. The van der Waals surface area contributed by atoms with Gasteiger partial charge < -0.3 is 10.2 Å². The Hall–Kier alpha value is -2.13. The van der Waals surface area contributed by atoms with Crippen LogP contribution in [0.25, 0.3) is 21.7 Å². The average molecular weight is 307 g/mol. The molecule has 23 heavy (non-hydrogen) atoms. The number of nitrogens with one attached hydrogen (secondary N) is 1. The van der Waals surface area contributed by atoms with Crippen LogP contribution in [0.1, 0.15) is 19.5 Å². The average Bonchev–Trinajstić information content (AvgIpc) is 2.59. The van der Waals surface area contributed by atoms with Crippen LogP contribution >= 0.6 is 0 Å². The smallest absolute Gasteiger partial charge is 0.0713 e. The van der Waals surface area contributed by atoms with Crippen molar-refractivity contribution in [1.82, 2.24) is 9.88 Å². The Bertz CT molecular complexity index is 806. The van der Waals surface area contributed by atoms with Crippen LogP contribution in [0.2, 0.25) is 0 Å². The molecule has 0 atom stereocenters. The van der Waals surface area contributed by atoms with Crippen LogP contribution in [0.5, 0.6) is 0 Å². The molecule has 0 radical (unpaired) electrons. The number of aryl methyl sites for hydroxylation is 1. The van der Waals surface area contributed by atoms with E-state index in [0.29, 0.717) is 0 Å². The van der Waals surface area contributed by atoms with E-state index in [4.69, 9.17) is 4.98 Å². The molecule has 0 aliphatic heterocycles. The molecule has 0 saturated carbocycles. The Morgan fingerprint density at radius 1 is 0.957 bits per heavy atom. The largest absolute Gasteiger partial charge is 0.384 e. The van der Waals surface area contributed by atoms with Gasteiger partial charge in [0.25, 0.3) is 0 Å². The van der Waals surface area contributed by atoms with Crippen LogP contribution in [0, 0.1) is 6.92 Å². The summed E-state index contributed by atoms with van der Waals surface area (Å²) in [4.78, 5) is 7.17. The predicted octanol–water partition coefficient (Wildman–Crippen LogP) is 4.45. The predicted molar refractivity (Wildman–Crippen MR) is 100 cm³/mol. The first kappa shape index (κ1) is 15.8. The number of fused-ring (bicyclic) bond motifs is 3. The lowest BCUT2D eigenvalue weighted by Gasteiger charge is -2.18. The summed E-state index contributed by atoms with van der Waals surface area (Å²) in [7, 11) is 0. The molecular weight excluding hydrogens is 282 g/mol. The van der Waals surface area contributed by atoms with Crippen molar-refractivity contribution >= 4 is 27.4 Å². The van der Waals surface area contributed by atoms with Crippen LogP contribution in [-0.4, -0.2) is 36.1 Å². The fraction of sp³-hybridized carbons (Fsp3) is 0.350. The lowest BCUT2D eigenvalue weighted by Crippen LogP contribution is -2.28. The number of pyridine rings is 1. The maximum atomic E-state index is 4.74. The van der Waals surface area contributed by atoms with E-state index in [9.17, 15) is 0 Å². The molecular formula is C20H25N3. The zero-order chi connectivity index (χ0) is 16.2. The number of likely N-dealkylation sites (N-methyl/N-ethyl adjacent to an activating group) is 1. The third-order valence-corrected chi connectivity index (χ3v) is 4.54. The van der Waals surface area contributed by atoms with Gasteiger partial charge in [-0.05, 0) is 43.6 Å². The maximum absolute atomic E-state index is 4.74. The van der Waals surface area contributed by atoms with Crippen molar-refractivity contribution in [2.24, 2.45) is 0 Å². The number of hydrogen-bond donors (Lipinski definition) is 1. The summed E-state index contributed by atoms with van der Waals surface area (Å²) in [6.45, 7) is 10.7. The van der Waals surface area contributed by atoms with Crippen LogP contribution < -0.4 is 5.32 Å². The number of anilines is 1. The van der Waals surface area contributed by atoms with E-state index in [1.165, 1.54) is 21.8 Å². The van der Waals surface area contributed by atoms with E-state index in [1.54, 1.807) is 0 Å². The molecule has 3 heteroatoms. The van der Waals surface area contributed by atoms with Gasteiger partial charge >= 0.3 is 0 Å². The molecule has 2 aromatic carbocycles. The lowest BCUT2D eigenvalue weighted by atomic mass is 10.0. The Kier molecular flexibility index (Phi) is 4.77. The molecule has 0 bridgehead atoms. The van der Waals surface area contributed by atoms with Gasteiger partial charge in [0.15, 0.2) is 0 Å². The highest BCUT2D eigenvalue weighted by Crippen LogP contribution is 2.28. The highest BCUT2D eigenvalue weighted by atomic mass is 15.1. The third kappa shape index (κ3) is 3.30. The fourth-order valence-corrected chi connectivity index (χ4v) is 3.13. The van der Waals surface area contributed by atoms with Gasteiger partial charge in [0.05, 0.1) is 5.52 Å². The zero-order valence-corrected chi connectivity index (χ0v) is 14.3. The van der Waals surface area contributed by atoms with E-state index in [0.717, 1.165) is 37.4 Å². The quantitative estimate of drug-likeness (QED) is 0.682. The fourth-order valence-electron chi connectivity index (χ4n) is 3.13. The second kappa shape index (κ2) is 6.97. The minimum atomic E-state index is 0.963. The van der Waals surface area contributed by atoms with Crippen molar-refractivity contribution in [2.75, 3.05) is 31.5 Å². The molecule has 1 heterocycles. The Morgan fingerprint density at radius 3 is 2.43 bits per heavy atom. The molecule has 1 N–H and O–H groups in total. The van der Waals surface area contributed by atoms with Gasteiger partial charge in [-0.25, -0.2) is 0 Å². The second-order valence-electron chi connectivity index (χ2n) is 5.93. The Balaban J connectivity index is 1.89. The highest BCUT2D eigenvalue weighted by molar-refractivity contribution is 6.07. The molecule has 0 unspecified atom stereocenters. The van der Waals surface area contributed by atoms with Crippen LogP contribution in [0.3, 0.4) is 0 Å². The van der Waals surface area contributed by atoms with Crippen molar-refractivity contribution in [3.63, 3.8) is 0 Å². The van der Waals surface area contributed by atoms with Gasteiger partial charge in [0, 0.05) is 35.2 Å². The number of rotatable bonds is 6. The maximum Gasteiger partial charge on any atom is 0.0713 e. The van der Waals surface area contributed by atoms with Gasteiger partial charge in [0.2, 0.25) is 0 Å². The van der Waals surface area contributed by atoms with E-state index in [2.05, 4.69) is 73.5 Å². The molecule has 0 aliphatic rings. The number of benzene rings is 2. The second-order valence-corrected chi connectivity index (χ2v) is 5.93. The van der Waals surface area contributed by atoms with Crippen molar-refractivity contribution < 1.29 is 0 Å². The van der Waals surface area contributed by atoms with Gasteiger partial charge in [-0.15, -0.1) is 0 Å². The molecule has 0 fully saturated rings. The molecule has 3 aromatic rings. The number of nitrogens with zero attached hydrogens (tertiary/aromatic N) is 2. The SMILES string of the molecule is CCN(CC)CCNc1ccc2nc(C)c3ccccc3c2c1. The van der Waals surface area contributed by atoms with Gasteiger partial charge in [-0.2, -0.15) is 0 Å². The molecule has 120 valence electrons. The molecule has 0 spiro atoms. The first-order chi connectivity index (χ1) is 11.2. The van der Waals surface area contributed by atoms with E-state index in [1.807, 2.05) is 0 Å². The van der Waals surface area contributed by atoms with Gasteiger partial charge in [-0.1, -0.05) is 38.1 Å². The summed E-state index contributed by atoms with van der Waals surface area (Å²) in [5.74, 6) is 0. The number of aromatic nitrogens is 1. The summed E-state index contributed by atoms with van der Waals surface area (Å²) < 4.78 is 0. The molecule has 3 nitrogen and oxygen atoms in total. The van der Waals surface area contributed by atoms with Crippen LogP contribution in [0.4, 0.5) is 5.69 Å². The minimum Gasteiger partial charge on any atom is -0.384 e. The monoisotopic (exact) mass is 307 g/mol. The standard InChI is InChI=1S/C20H25N3/c1-4-23(5-2)13-12-21-16-10-11-20-19(14-16)18-9-7-6-8-17(18)15(3)22-20/h6-11,14,21H,4-5,12-13H2,1-3H3. The minimum absolute atomic E-state index is 0.963. The number of hydrogen-bond acceptors (Lipinski definition) is 3. The lowest BCUT2D eigenvalue weighted by molar-refractivity contribution is 0.316. The summed E-state index contributed by atoms with van der Waals surface area (Å²) in [6, 6.07) is 15.0. The normalized spacial score (nSPS) is 11.5. The van der Waals surface area contributed by atoms with Crippen molar-refractivity contribution in [3.05, 3.63) is 48.2 Å². The van der Waals surface area contributed by atoms with Crippen LogP contribution in [-0.2, 0) is 0 Å². The summed E-state index contributed by atoms with van der Waals surface area (Å²) in [5.41, 5.74) is 3.33. The van der Waals surface area contributed by atoms with Gasteiger partial charge in [0.1, 0.15) is 0 Å². The van der Waals surface area contributed by atoms with E-state index >= 15 is 0 Å². The zero-order valence-electron chi connectivity index (χ0n) is 14.3. The van der Waals surface area contributed by atoms with Crippen molar-refractivity contribution in [3.8, 4) is 0 Å². The van der Waals surface area contributed by atoms with Crippen LogP contribution in [0.15, 0.2) is 42.5 Å². The summed E-state index contributed by atoms with van der Waals surface area (Å²) in [5, 5.41) is 7.28. The highest BCUT2D eigenvalue weighted by Gasteiger charge is 2.06. The van der Waals surface area contributed by atoms with E-state index in [-0.39, 0.29) is 0 Å². The first-order valence-electron chi connectivity index (χ1n) is 8.48.